The van der Waals surface area contributed by atoms with Gasteiger partial charge in [-0.2, -0.15) is 14.0 Å². The van der Waals surface area contributed by atoms with E-state index in [2.05, 4.69) is 15.9 Å². The Balaban J connectivity index is 3.42. The number of nitrogens with zero attached hydrogens (tertiary/aromatic N) is 1. The first-order valence-electron chi connectivity index (χ1n) is 4.51. The molecule has 7 heteroatoms. The summed E-state index contributed by atoms with van der Waals surface area (Å²) in [6.45, 7) is 0. The van der Waals surface area contributed by atoms with Crippen LogP contribution in [-0.4, -0.2) is 19.5 Å². The number of sulfone groups is 1. The van der Waals surface area contributed by atoms with Gasteiger partial charge >= 0.3 is 5.76 Å². The summed E-state index contributed by atoms with van der Waals surface area (Å²) in [7, 11) is -4.68. The van der Waals surface area contributed by atoms with Gasteiger partial charge in [-0.25, -0.2) is 8.42 Å². The molecule has 17 heavy (non-hydrogen) atoms. The molecule has 0 saturated heterocycles. The van der Waals surface area contributed by atoms with Crippen molar-refractivity contribution in [3.63, 3.8) is 0 Å². The lowest BCUT2D eigenvalue weighted by Crippen LogP contribution is -2.15. The van der Waals surface area contributed by atoms with Crippen LogP contribution in [0.15, 0.2) is 29.2 Å². The van der Waals surface area contributed by atoms with E-state index in [4.69, 9.17) is 5.26 Å². The Morgan fingerprint density at radius 1 is 1.35 bits per heavy atom. The van der Waals surface area contributed by atoms with Crippen molar-refractivity contribution in [2.75, 3.05) is 5.33 Å². The topological polar surface area (TPSA) is 57.9 Å². The molecule has 92 valence electrons. The number of halogens is 3. The second-order valence-corrected chi connectivity index (χ2v) is 5.71. The van der Waals surface area contributed by atoms with Crippen molar-refractivity contribution in [3.05, 3.63) is 29.8 Å². The molecule has 1 unspecified atom stereocenters. The summed E-state index contributed by atoms with van der Waals surface area (Å²) >= 11 is 3.05. The van der Waals surface area contributed by atoms with Crippen LogP contribution in [0, 0.1) is 11.3 Å². The molecule has 1 atom stereocenters. The van der Waals surface area contributed by atoms with Gasteiger partial charge in [0.15, 0.2) is 0 Å². The molecular formula is C10H8BrF2NO2S. The predicted octanol–water partition coefficient (Wildman–Crippen LogP) is 2.68. The SMILES string of the molecule is N#CC(CBr)c1ccccc1S(=O)(=O)C(F)F. The first-order valence-corrected chi connectivity index (χ1v) is 7.18. The normalized spacial score (nSPS) is 13.4. The molecule has 0 saturated carbocycles. The Morgan fingerprint density at radius 3 is 2.41 bits per heavy atom. The molecule has 0 N–H and O–H groups in total. The molecule has 1 aromatic rings. The molecule has 0 spiro atoms. The van der Waals surface area contributed by atoms with Crippen LogP contribution < -0.4 is 0 Å². The lowest BCUT2D eigenvalue weighted by molar-refractivity contribution is 0.234. The van der Waals surface area contributed by atoms with Crippen molar-refractivity contribution in [1.82, 2.24) is 0 Å². The molecule has 3 nitrogen and oxygen atoms in total. The average Bonchev–Trinajstić information content (AvgIpc) is 2.31. The number of hydrogen-bond donors (Lipinski definition) is 0. The second-order valence-electron chi connectivity index (χ2n) is 3.18. The van der Waals surface area contributed by atoms with Gasteiger partial charge in [-0.05, 0) is 11.6 Å². The van der Waals surface area contributed by atoms with E-state index >= 15 is 0 Å². The van der Waals surface area contributed by atoms with Gasteiger partial charge < -0.3 is 0 Å². The maximum atomic E-state index is 12.5. The summed E-state index contributed by atoms with van der Waals surface area (Å²) in [5.41, 5.74) is 0.0900. The number of benzene rings is 1. The van der Waals surface area contributed by atoms with Gasteiger partial charge in [-0.15, -0.1) is 0 Å². The second kappa shape index (κ2) is 5.56. The van der Waals surface area contributed by atoms with Gasteiger partial charge in [-0.1, -0.05) is 34.1 Å². The minimum absolute atomic E-state index is 0.0900. The molecule has 1 aromatic carbocycles. The van der Waals surface area contributed by atoms with Crippen molar-refractivity contribution in [2.24, 2.45) is 0 Å². The van der Waals surface area contributed by atoms with E-state index < -0.39 is 26.4 Å². The third-order valence-corrected chi connectivity index (χ3v) is 4.25. The van der Waals surface area contributed by atoms with Crippen LogP contribution in [-0.2, 0) is 9.84 Å². The smallest absolute Gasteiger partial charge is 0.218 e. The van der Waals surface area contributed by atoms with E-state index in [0.717, 1.165) is 6.07 Å². The zero-order valence-electron chi connectivity index (χ0n) is 8.48. The van der Waals surface area contributed by atoms with E-state index in [0.29, 0.717) is 0 Å². The van der Waals surface area contributed by atoms with Crippen LogP contribution in [0.25, 0.3) is 0 Å². The standard InChI is InChI=1S/C10H8BrF2NO2S/c11-5-7(6-14)8-3-1-2-4-9(8)17(15,16)10(12)13/h1-4,7,10H,5H2. The third kappa shape index (κ3) is 2.82. The van der Waals surface area contributed by atoms with Gasteiger partial charge in [0.1, 0.15) is 0 Å². The van der Waals surface area contributed by atoms with Gasteiger partial charge in [-0.3, -0.25) is 0 Å². The molecule has 0 aliphatic carbocycles. The largest absolute Gasteiger partial charge is 0.341 e. The van der Waals surface area contributed by atoms with Gasteiger partial charge in [0.05, 0.1) is 16.9 Å². The molecule has 0 radical (unpaired) electrons. The van der Waals surface area contributed by atoms with E-state index in [1.807, 2.05) is 6.07 Å². The monoisotopic (exact) mass is 323 g/mol. The maximum Gasteiger partial charge on any atom is 0.341 e. The summed E-state index contributed by atoms with van der Waals surface area (Å²) in [6, 6.07) is 7.17. The summed E-state index contributed by atoms with van der Waals surface area (Å²) < 4.78 is 47.8. The Kier molecular flexibility index (Phi) is 4.60. The van der Waals surface area contributed by atoms with Crippen LogP contribution in [0.4, 0.5) is 8.78 Å². The zero-order valence-corrected chi connectivity index (χ0v) is 10.9. The van der Waals surface area contributed by atoms with Crippen LogP contribution in [0.2, 0.25) is 0 Å². The fourth-order valence-corrected chi connectivity index (χ4v) is 2.80. The van der Waals surface area contributed by atoms with E-state index in [-0.39, 0.29) is 10.9 Å². The van der Waals surface area contributed by atoms with Crippen LogP contribution in [0.3, 0.4) is 0 Å². The first-order chi connectivity index (χ1) is 7.95. The van der Waals surface area contributed by atoms with Crippen molar-refractivity contribution in [2.45, 2.75) is 16.6 Å². The quantitative estimate of drug-likeness (QED) is 0.800. The molecule has 1 rings (SSSR count). The van der Waals surface area contributed by atoms with Crippen molar-refractivity contribution in [1.29, 1.82) is 5.26 Å². The highest BCUT2D eigenvalue weighted by Crippen LogP contribution is 2.28. The average molecular weight is 324 g/mol. The predicted molar refractivity (Wildman–Crippen MR) is 61.8 cm³/mol. The zero-order chi connectivity index (χ0) is 13.1. The minimum Gasteiger partial charge on any atom is -0.218 e. The minimum atomic E-state index is -4.68. The molecule has 0 aromatic heterocycles. The summed E-state index contributed by atoms with van der Waals surface area (Å²) in [6.07, 6.45) is 0. The number of rotatable bonds is 4. The summed E-state index contributed by atoms with van der Waals surface area (Å²) in [5.74, 6) is -4.27. The number of alkyl halides is 3. The fraction of sp³-hybridized carbons (Fsp3) is 0.300. The van der Waals surface area contributed by atoms with Crippen LogP contribution in [0.5, 0.6) is 0 Å². The lowest BCUT2D eigenvalue weighted by Gasteiger charge is -2.12. The molecule has 0 fully saturated rings. The molecule has 0 heterocycles. The molecular weight excluding hydrogens is 316 g/mol. The Bertz CT molecular complexity index is 539. The van der Waals surface area contributed by atoms with Crippen molar-refractivity contribution in [3.8, 4) is 6.07 Å². The highest BCUT2D eigenvalue weighted by molar-refractivity contribution is 9.09. The van der Waals surface area contributed by atoms with E-state index in [1.54, 1.807) is 0 Å². The van der Waals surface area contributed by atoms with Crippen molar-refractivity contribution < 1.29 is 17.2 Å². The highest BCUT2D eigenvalue weighted by atomic mass is 79.9. The summed E-state index contributed by atoms with van der Waals surface area (Å²) in [4.78, 5) is -0.485. The van der Waals surface area contributed by atoms with Crippen LogP contribution >= 0.6 is 15.9 Å². The molecule has 0 aliphatic rings. The van der Waals surface area contributed by atoms with Crippen molar-refractivity contribution >= 4 is 25.8 Å². The Morgan fingerprint density at radius 2 is 1.94 bits per heavy atom. The molecule has 0 aliphatic heterocycles. The Hall–Kier alpha value is -1.00. The lowest BCUT2D eigenvalue weighted by atomic mass is 10.0. The number of nitriles is 1. The fourth-order valence-electron chi connectivity index (χ4n) is 1.31. The Labute approximate surface area is 106 Å². The highest BCUT2D eigenvalue weighted by Gasteiger charge is 2.30. The maximum absolute atomic E-state index is 12.5. The van der Waals surface area contributed by atoms with E-state index in [1.165, 1.54) is 18.2 Å². The first kappa shape index (κ1) is 14.1. The number of hydrogen-bond acceptors (Lipinski definition) is 3. The molecule has 0 amide bonds. The van der Waals surface area contributed by atoms with Gasteiger partial charge in [0, 0.05) is 5.33 Å². The van der Waals surface area contributed by atoms with Gasteiger partial charge in [0.25, 0.3) is 0 Å². The molecule has 0 bridgehead atoms. The van der Waals surface area contributed by atoms with Gasteiger partial charge in [0.2, 0.25) is 9.84 Å². The third-order valence-electron chi connectivity index (χ3n) is 2.15. The van der Waals surface area contributed by atoms with Crippen LogP contribution in [0.1, 0.15) is 11.5 Å². The van der Waals surface area contributed by atoms with E-state index in [9.17, 15) is 17.2 Å². The summed E-state index contributed by atoms with van der Waals surface area (Å²) in [5, 5.41) is 9.03.